The summed E-state index contributed by atoms with van der Waals surface area (Å²) in [7, 11) is 0. The maximum absolute atomic E-state index is 8.70. The molecule has 152 valence electrons. The summed E-state index contributed by atoms with van der Waals surface area (Å²) in [5, 5.41) is 4.07. The molecule has 8 heteroatoms. The smallest absolute Gasteiger partial charge is 0.0831 e. The summed E-state index contributed by atoms with van der Waals surface area (Å²) in [6.45, 7) is 0. The molecule has 2 aromatic heterocycles. The molecule has 0 radical (unpaired) electrons. The second-order valence-electron chi connectivity index (χ2n) is 7.71. The first-order chi connectivity index (χ1) is 13.5. The van der Waals surface area contributed by atoms with Crippen molar-refractivity contribution in [2.24, 2.45) is 10.8 Å². The third-order valence-electron chi connectivity index (χ3n) is 5.76. The highest BCUT2D eigenvalue weighted by molar-refractivity contribution is 9.11. The van der Waals surface area contributed by atoms with Crippen LogP contribution in [-0.2, 0) is 11.1 Å². The number of azide groups is 1. The zero-order valence-electron chi connectivity index (χ0n) is 15.9. The van der Waals surface area contributed by atoms with Crippen molar-refractivity contribution in [2.45, 2.75) is 75.3 Å². The summed E-state index contributed by atoms with van der Waals surface area (Å²) in [6.07, 6.45) is 11.8. The third kappa shape index (κ3) is 5.41. The van der Waals surface area contributed by atoms with Crippen molar-refractivity contribution in [2.75, 3.05) is 0 Å². The summed E-state index contributed by atoms with van der Waals surface area (Å²) >= 11 is 10.4. The quantitative estimate of drug-likeness (QED) is 0.234. The average molecular weight is 546 g/mol. The van der Waals surface area contributed by atoms with Gasteiger partial charge in [-0.2, -0.15) is 0 Å². The first kappa shape index (κ1) is 22.3. The molecule has 2 fully saturated rings. The Morgan fingerprint density at radius 1 is 0.821 bits per heavy atom. The topological polar surface area (TPSA) is 74.8 Å². The molecular formula is C20H26Br2N4S2. The molecule has 4 nitrogen and oxygen atoms in total. The molecule has 2 aliphatic carbocycles. The minimum Gasteiger partial charge on any atom is -0.321 e. The number of hydrogen-bond donors (Lipinski definition) is 1. The van der Waals surface area contributed by atoms with E-state index in [2.05, 4.69) is 60.1 Å². The fourth-order valence-electron chi connectivity index (χ4n) is 4.19. The minimum absolute atomic E-state index is 0.0189. The van der Waals surface area contributed by atoms with Gasteiger partial charge in [-0.25, -0.2) is 0 Å². The van der Waals surface area contributed by atoms with Crippen molar-refractivity contribution in [3.63, 3.8) is 0 Å². The lowest BCUT2D eigenvalue weighted by Crippen LogP contribution is -2.37. The van der Waals surface area contributed by atoms with Crippen LogP contribution >= 0.6 is 54.5 Å². The Hall–Kier alpha value is -0.370. The summed E-state index contributed by atoms with van der Waals surface area (Å²) < 4.78 is 2.30. The maximum atomic E-state index is 8.70. The molecule has 0 atom stereocenters. The summed E-state index contributed by atoms with van der Waals surface area (Å²) in [5.41, 5.74) is 14.8. The van der Waals surface area contributed by atoms with Gasteiger partial charge in [-0.1, -0.05) is 43.6 Å². The van der Waals surface area contributed by atoms with Gasteiger partial charge in [0.25, 0.3) is 0 Å². The van der Waals surface area contributed by atoms with E-state index in [0.29, 0.717) is 0 Å². The molecule has 2 aliphatic rings. The van der Waals surface area contributed by atoms with Gasteiger partial charge in [-0.15, -0.1) is 22.7 Å². The first-order valence-electron chi connectivity index (χ1n) is 9.84. The standard InChI is InChI=1S/C10H12BrN3S.C10H14BrNS/c11-9-5-4-8(15-9)10(13-14-12)6-2-1-3-7-10;11-9-5-4-8(13-9)10(12)6-2-1-3-7-10/h4-5H,1-3,6-7H2;4-5H,1-3,6-7,12H2. The van der Waals surface area contributed by atoms with Crippen LogP contribution in [0.25, 0.3) is 10.4 Å². The van der Waals surface area contributed by atoms with Crippen LogP contribution in [0.5, 0.6) is 0 Å². The van der Waals surface area contributed by atoms with Crippen LogP contribution < -0.4 is 5.73 Å². The van der Waals surface area contributed by atoms with Gasteiger partial charge in [0.1, 0.15) is 0 Å². The molecule has 4 rings (SSSR count). The number of nitrogens with two attached hydrogens (primary N) is 1. The van der Waals surface area contributed by atoms with Gasteiger partial charge >= 0.3 is 0 Å². The number of rotatable bonds is 3. The zero-order valence-corrected chi connectivity index (χ0v) is 20.7. The molecule has 28 heavy (non-hydrogen) atoms. The predicted molar refractivity (Wildman–Crippen MR) is 127 cm³/mol. The molecule has 0 saturated heterocycles. The van der Waals surface area contributed by atoms with E-state index in [1.54, 1.807) is 22.7 Å². The lowest BCUT2D eigenvalue weighted by molar-refractivity contribution is 0.307. The van der Waals surface area contributed by atoms with Crippen LogP contribution in [0, 0.1) is 0 Å². The monoisotopic (exact) mass is 544 g/mol. The van der Waals surface area contributed by atoms with Gasteiger partial charge in [0.05, 0.1) is 18.7 Å². The van der Waals surface area contributed by atoms with E-state index >= 15 is 0 Å². The fraction of sp³-hybridized carbons (Fsp3) is 0.600. The van der Waals surface area contributed by atoms with Crippen LogP contribution in [0.3, 0.4) is 0 Å². The van der Waals surface area contributed by atoms with Gasteiger partial charge < -0.3 is 5.73 Å². The third-order valence-corrected chi connectivity index (χ3v) is 9.42. The summed E-state index contributed by atoms with van der Waals surface area (Å²) in [5.74, 6) is 0. The average Bonchev–Trinajstić information content (AvgIpc) is 3.33. The molecule has 2 saturated carbocycles. The van der Waals surface area contributed by atoms with Crippen LogP contribution in [0.15, 0.2) is 37.0 Å². The number of nitrogens with zero attached hydrogens (tertiary/aromatic N) is 3. The first-order valence-corrected chi connectivity index (χ1v) is 13.1. The lowest BCUT2D eigenvalue weighted by atomic mass is 9.81. The molecule has 0 bridgehead atoms. The van der Waals surface area contributed by atoms with E-state index in [4.69, 9.17) is 11.3 Å². The van der Waals surface area contributed by atoms with Crippen molar-refractivity contribution >= 4 is 54.5 Å². The Morgan fingerprint density at radius 3 is 1.79 bits per heavy atom. The molecule has 0 aromatic carbocycles. The van der Waals surface area contributed by atoms with E-state index < -0.39 is 0 Å². The number of halogens is 2. The van der Waals surface area contributed by atoms with Crippen LogP contribution in [-0.4, -0.2) is 0 Å². The molecule has 2 aromatic rings. The van der Waals surface area contributed by atoms with Crippen LogP contribution in [0.2, 0.25) is 0 Å². The number of hydrogen-bond acceptors (Lipinski definition) is 4. The Labute approximate surface area is 191 Å². The highest BCUT2D eigenvalue weighted by atomic mass is 79.9. The minimum atomic E-state index is -0.260. The number of thiophene rings is 2. The molecule has 0 unspecified atom stereocenters. The highest BCUT2D eigenvalue weighted by Gasteiger charge is 2.34. The van der Waals surface area contributed by atoms with Crippen molar-refractivity contribution in [3.05, 3.63) is 52.0 Å². The zero-order chi connectivity index (χ0) is 20.0. The SMILES string of the molecule is NC1(c2ccc(Br)s2)CCCCC1.[N-]=[N+]=NC1(c2ccc(Br)s2)CCCCC1. The van der Waals surface area contributed by atoms with Gasteiger partial charge in [0.2, 0.25) is 0 Å². The Balaban J connectivity index is 0.000000162. The second kappa shape index (κ2) is 10.1. The Kier molecular flexibility index (Phi) is 8.05. The van der Waals surface area contributed by atoms with E-state index in [0.717, 1.165) is 42.3 Å². The molecule has 2 heterocycles. The molecule has 2 N–H and O–H groups in total. The summed E-state index contributed by atoms with van der Waals surface area (Å²) in [6, 6.07) is 8.38. The van der Waals surface area contributed by atoms with Gasteiger partial charge in [0.15, 0.2) is 0 Å². The van der Waals surface area contributed by atoms with Gasteiger partial charge in [0, 0.05) is 14.7 Å². The largest absolute Gasteiger partial charge is 0.321 e. The van der Waals surface area contributed by atoms with Crippen LogP contribution in [0.4, 0.5) is 0 Å². The van der Waals surface area contributed by atoms with E-state index in [9.17, 15) is 0 Å². The van der Waals surface area contributed by atoms with E-state index in [-0.39, 0.29) is 11.1 Å². The maximum Gasteiger partial charge on any atom is 0.0831 e. The van der Waals surface area contributed by atoms with E-state index in [1.807, 2.05) is 6.07 Å². The van der Waals surface area contributed by atoms with E-state index in [1.165, 1.54) is 39.2 Å². The van der Waals surface area contributed by atoms with Crippen molar-refractivity contribution in [3.8, 4) is 0 Å². The molecule has 0 amide bonds. The molecule has 0 aliphatic heterocycles. The second-order valence-corrected chi connectivity index (χ2v) is 12.6. The van der Waals surface area contributed by atoms with Crippen molar-refractivity contribution < 1.29 is 0 Å². The summed E-state index contributed by atoms with van der Waals surface area (Å²) in [4.78, 5) is 5.58. The van der Waals surface area contributed by atoms with Gasteiger partial charge in [-0.05, 0) is 87.3 Å². The highest BCUT2D eigenvalue weighted by Crippen LogP contribution is 2.44. The normalized spacial score (nSPS) is 20.5. The predicted octanol–water partition coefficient (Wildman–Crippen LogP) is 8.61. The Bertz CT molecular complexity index is 814. The lowest BCUT2D eigenvalue weighted by Gasteiger charge is -2.32. The van der Waals surface area contributed by atoms with Crippen molar-refractivity contribution in [1.29, 1.82) is 0 Å². The fourth-order valence-corrected chi connectivity index (χ4v) is 7.31. The van der Waals surface area contributed by atoms with Crippen molar-refractivity contribution in [1.82, 2.24) is 0 Å². The van der Waals surface area contributed by atoms with Gasteiger partial charge in [-0.3, -0.25) is 0 Å². The van der Waals surface area contributed by atoms with Crippen LogP contribution in [0.1, 0.15) is 74.0 Å². The Morgan fingerprint density at radius 2 is 1.32 bits per heavy atom. The molecular weight excluding hydrogens is 520 g/mol. The molecule has 0 spiro atoms.